The van der Waals surface area contributed by atoms with Gasteiger partial charge in [-0.05, 0) is 30.5 Å². The van der Waals surface area contributed by atoms with E-state index in [1.54, 1.807) is 19.2 Å². The second kappa shape index (κ2) is 8.56. The van der Waals surface area contributed by atoms with E-state index in [4.69, 9.17) is 4.42 Å². The molecular formula is C20H26N4O2. The fraction of sp³-hybridized carbons (Fsp3) is 0.400. The van der Waals surface area contributed by atoms with Gasteiger partial charge in [-0.3, -0.25) is 9.79 Å². The Kier molecular flexibility index (Phi) is 5.94. The molecule has 1 heterocycles. The lowest BCUT2D eigenvalue weighted by molar-refractivity contribution is 0.0926. The van der Waals surface area contributed by atoms with Crippen LogP contribution in [0, 0.1) is 0 Å². The molecule has 3 N–H and O–H groups in total. The number of carbonyl (C=O) groups is 1. The number of benzene rings is 1. The van der Waals surface area contributed by atoms with Gasteiger partial charge in [0.05, 0.1) is 6.26 Å². The van der Waals surface area contributed by atoms with Crippen molar-refractivity contribution >= 4 is 11.9 Å². The van der Waals surface area contributed by atoms with Crippen molar-refractivity contribution in [2.75, 3.05) is 26.7 Å². The van der Waals surface area contributed by atoms with Crippen molar-refractivity contribution < 1.29 is 9.21 Å². The normalized spacial score (nSPS) is 15.8. The highest BCUT2D eigenvalue weighted by atomic mass is 16.3. The van der Waals surface area contributed by atoms with E-state index in [0.29, 0.717) is 18.8 Å². The number of guanidine groups is 1. The molecule has 1 fully saturated rings. The molecule has 3 rings (SSSR count). The molecule has 1 aliphatic rings. The fourth-order valence-electron chi connectivity index (χ4n) is 3.29. The first-order chi connectivity index (χ1) is 12.7. The van der Waals surface area contributed by atoms with Crippen LogP contribution in [0.4, 0.5) is 0 Å². The Hall–Kier alpha value is -2.76. The molecule has 0 atom stereocenters. The van der Waals surface area contributed by atoms with E-state index in [0.717, 1.165) is 12.5 Å². The third-order valence-electron chi connectivity index (χ3n) is 4.96. The number of carbonyl (C=O) groups excluding carboxylic acids is 1. The lowest BCUT2D eigenvalue weighted by atomic mass is 9.64. The zero-order valence-corrected chi connectivity index (χ0v) is 15.1. The van der Waals surface area contributed by atoms with E-state index in [2.05, 4.69) is 51.3 Å². The van der Waals surface area contributed by atoms with Gasteiger partial charge in [-0.1, -0.05) is 36.8 Å². The molecule has 0 saturated heterocycles. The lowest BCUT2D eigenvalue weighted by Crippen LogP contribution is -2.49. The quantitative estimate of drug-likeness (QED) is 0.405. The largest absolute Gasteiger partial charge is 0.459 e. The maximum atomic E-state index is 11.8. The van der Waals surface area contributed by atoms with Crippen molar-refractivity contribution in [2.45, 2.75) is 24.7 Å². The second-order valence-electron chi connectivity index (χ2n) is 6.59. The van der Waals surface area contributed by atoms with E-state index < -0.39 is 0 Å². The minimum absolute atomic E-state index is 0.201. The van der Waals surface area contributed by atoms with Crippen LogP contribution in [-0.4, -0.2) is 38.5 Å². The van der Waals surface area contributed by atoms with Crippen LogP contribution in [0.25, 0.3) is 0 Å². The van der Waals surface area contributed by atoms with Gasteiger partial charge in [0.15, 0.2) is 11.7 Å². The maximum absolute atomic E-state index is 11.8. The Morgan fingerprint density at radius 2 is 1.85 bits per heavy atom. The Morgan fingerprint density at radius 1 is 1.08 bits per heavy atom. The standard InChI is InChI=1S/C20H26N4O2/c1-21-19(23-13-12-22-18(25)17-9-5-14-26-17)24-15-20(10-6-11-20)16-7-3-2-4-8-16/h2-5,7-9,14H,6,10-13,15H2,1H3,(H,22,25)(H2,21,23,24). The molecule has 6 heteroatoms. The average molecular weight is 354 g/mol. The highest BCUT2D eigenvalue weighted by molar-refractivity contribution is 5.91. The number of furan rings is 1. The van der Waals surface area contributed by atoms with Crippen LogP contribution in [0.15, 0.2) is 58.1 Å². The van der Waals surface area contributed by atoms with Crippen molar-refractivity contribution in [1.82, 2.24) is 16.0 Å². The van der Waals surface area contributed by atoms with E-state index in [1.807, 2.05) is 0 Å². The summed E-state index contributed by atoms with van der Waals surface area (Å²) in [5, 5.41) is 9.48. The van der Waals surface area contributed by atoms with Crippen molar-refractivity contribution in [3.63, 3.8) is 0 Å². The first-order valence-electron chi connectivity index (χ1n) is 9.05. The van der Waals surface area contributed by atoms with E-state index in [-0.39, 0.29) is 11.3 Å². The molecule has 2 aromatic rings. The summed E-state index contributed by atoms with van der Waals surface area (Å²) in [5.74, 6) is 0.860. The Balaban J connectivity index is 1.43. The Bertz CT molecular complexity index is 722. The van der Waals surface area contributed by atoms with Gasteiger partial charge < -0.3 is 20.4 Å². The summed E-state index contributed by atoms with van der Waals surface area (Å²) in [6.45, 7) is 1.93. The lowest BCUT2D eigenvalue weighted by Gasteiger charge is -2.43. The summed E-state index contributed by atoms with van der Waals surface area (Å²) in [4.78, 5) is 16.1. The molecule has 0 spiro atoms. The van der Waals surface area contributed by atoms with Crippen molar-refractivity contribution in [1.29, 1.82) is 0 Å². The highest BCUT2D eigenvalue weighted by Crippen LogP contribution is 2.43. The zero-order chi connectivity index (χ0) is 18.2. The van der Waals surface area contributed by atoms with Crippen molar-refractivity contribution in [3.8, 4) is 0 Å². The summed E-state index contributed by atoms with van der Waals surface area (Å²) in [5.41, 5.74) is 1.59. The second-order valence-corrected chi connectivity index (χ2v) is 6.59. The van der Waals surface area contributed by atoms with Gasteiger partial charge in [-0.15, -0.1) is 0 Å². The number of hydrogen-bond donors (Lipinski definition) is 3. The van der Waals surface area contributed by atoms with Gasteiger partial charge in [0.1, 0.15) is 0 Å². The average Bonchev–Trinajstić information content (AvgIpc) is 3.18. The topological polar surface area (TPSA) is 78.7 Å². The van der Waals surface area contributed by atoms with Crippen LogP contribution in [0.2, 0.25) is 0 Å². The van der Waals surface area contributed by atoms with Gasteiger partial charge in [0.25, 0.3) is 5.91 Å². The third-order valence-corrected chi connectivity index (χ3v) is 4.96. The predicted molar refractivity (Wildman–Crippen MR) is 102 cm³/mol. The van der Waals surface area contributed by atoms with E-state index >= 15 is 0 Å². The van der Waals surface area contributed by atoms with Crippen LogP contribution in [0.1, 0.15) is 35.4 Å². The Labute approximate surface area is 154 Å². The van der Waals surface area contributed by atoms with Crippen LogP contribution in [-0.2, 0) is 5.41 Å². The van der Waals surface area contributed by atoms with Crippen LogP contribution in [0.5, 0.6) is 0 Å². The van der Waals surface area contributed by atoms with Gasteiger partial charge in [-0.25, -0.2) is 0 Å². The highest BCUT2D eigenvalue weighted by Gasteiger charge is 2.38. The number of hydrogen-bond acceptors (Lipinski definition) is 3. The van der Waals surface area contributed by atoms with Gasteiger partial charge in [-0.2, -0.15) is 0 Å². The molecule has 0 aliphatic heterocycles. The van der Waals surface area contributed by atoms with Gasteiger partial charge >= 0.3 is 0 Å². The number of nitrogens with one attached hydrogen (secondary N) is 3. The SMILES string of the molecule is CN=C(NCCNC(=O)c1ccco1)NCC1(c2ccccc2)CCC1. The molecule has 1 saturated carbocycles. The molecule has 1 aromatic heterocycles. The minimum Gasteiger partial charge on any atom is -0.459 e. The van der Waals surface area contributed by atoms with Crippen molar-refractivity contribution in [2.24, 2.45) is 4.99 Å². The zero-order valence-electron chi connectivity index (χ0n) is 15.1. The number of rotatable bonds is 7. The molecule has 0 bridgehead atoms. The molecule has 26 heavy (non-hydrogen) atoms. The number of aliphatic imine (C=N–C) groups is 1. The molecule has 1 aliphatic carbocycles. The molecule has 1 amide bonds. The van der Waals surface area contributed by atoms with Crippen LogP contribution in [0.3, 0.4) is 0 Å². The predicted octanol–water partition coefficient (Wildman–Crippen LogP) is 2.30. The summed E-state index contributed by atoms with van der Waals surface area (Å²) in [7, 11) is 1.76. The first-order valence-corrected chi connectivity index (χ1v) is 9.05. The first kappa shape index (κ1) is 18.0. The van der Waals surface area contributed by atoms with Gasteiger partial charge in [0.2, 0.25) is 0 Å². The molecule has 1 aromatic carbocycles. The molecule has 0 unspecified atom stereocenters. The Morgan fingerprint density at radius 3 is 2.46 bits per heavy atom. The molecule has 6 nitrogen and oxygen atoms in total. The summed E-state index contributed by atoms with van der Waals surface area (Å²) in [6.07, 6.45) is 5.14. The van der Waals surface area contributed by atoms with E-state index in [9.17, 15) is 4.79 Å². The smallest absolute Gasteiger partial charge is 0.287 e. The third kappa shape index (κ3) is 4.25. The summed E-state index contributed by atoms with van der Waals surface area (Å²) >= 11 is 0. The summed E-state index contributed by atoms with van der Waals surface area (Å²) in [6, 6.07) is 14.0. The molecule has 0 radical (unpaired) electrons. The molecule has 138 valence electrons. The van der Waals surface area contributed by atoms with Crippen LogP contribution >= 0.6 is 0 Å². The monoisotopic (exact) mass is 354 g/mol. The fourth-order valence-corrected chi connectivity index (χ4v) is 3.29. The summed E-state index contributed by atoms with van der Waals surface area (Å²) < 4.78 is 5.06. The number of amides is 1. The minimum atomic E-state index is -0.211. The van der Waals surface area contributed by atoms with E-state index in [1.165, 1.54) is 31.1 Å². The van der Waals surface area contributed by atoms with Crippen LogP contribution < -0.4 is 16.0 Å². The van der Waals surface area contributed by atoms with Gasteiger partial charge in [0, 0.05) is 32.1 Å². The van der Waals surface area contributed by atoms with Crippen molar-refractivity contribution in [3.05, 3.63) is 60.1 Å². The molecular weight excluding hydrogens is 328 g/mol. The number of nitrogens with zero attached hydrogens (tertiary/aromatic N) is 1. The maximum Gasteiger partial charge on any atom is 0.287 e.